The maximum Gasteiger partial charge on any atom is 0.0928 e. The first-order valence-corrected chi connectivity index (χ1v) is 7.07. The molecule has 0 saturated carbocycles. The zero-order valence-electron chi connectivity index (χ0n) is 10.9. The summed E-state index contributed by atoms with van der Waals surface area (Å²) in [4.78, 5) is 4.49. The molecule has 0 aliphatic rings. The fourth-order valence-corrected chi connectivity index (χ4v) is 2.40. The molecule has 92 valence electrons. The molecular weight excluding hydrogens is 216 g/mol. The molecule has 0 amide bonds. The van der Waals surface area contributed by atoms with E-state index in [1.165, 1.54) is 11.4 Å². The van der Waals surface area contributed by atoms with Crippen molar-refractivity contribution in [1.82, 2.24) is 10.3 Å². The second kappa shape index (κ2) is 7.02. The van der Waals surface area contributed by atoms with Crippen LogP contribution in [0.2, 0.25) is 0 Å². The predicted octanol–water partition coefficient (Wildman–Crippen LogP) is 3.27. The van der Waals surface area contributed by atoms with E-state index in [4.69, 9.17) is 0 Å². The second-order valence-electron chi connectivity index (χ2n) is 5.08. The molecule has 0 radical (unpaired) electrons. The van der Waals surface area contributed by atoms with Crippen LogP contribution in [-0.2, 0) is 6.42 Å². The van der Waals surface area contributed by atoms with Gasteiger partial charge in [-0.3, -0.25) is 0 Å². The van der Waals surface area contributed by atoms with Gasteiger partial charge in [0.25, 0.3) is 0 Å². The summed E-state index contributed by atoms with van der Waals surface area (Å²) in [5.74, 6) is 1.48. The van der Waals surface area contributed by atoms with Gasteiger partial charge in [0.15, 0.2) is 0 Å². The molecule has 0 bridgehead atoms. The molecule has 0 saturated heterocycles. The molecule has 1 aromatic heterocycles. The Kier molecular flexibility index (Phi) is 5.99. The van der Waals surface area contributed by atoms with Gasteiger partial charge in [0.05, 0.1) is 5.01 Å². The summed E-state index contributed by atoms with van der Waals surface area (Å²) < 4.78 is 0. The van der Waals surface area contributed by atoms with Crippen LogP contribution >= 0.6 is 11.3 Å². The number of nitrogens with one attached hydrogen (secondary N) is 1. The van der Waals surface area contributed by atoms with Crippen molar-refractivity contribution in [1.29, 1.82) is 0 Å². The largest absolute Gasteiger partial charge is 0.316 e. The monoisotopic (exact) mass is 240 g/mol. The lowest BCUT2D eigenvalue weighted by atomic mass is 10.1. The Morgan fingerprint density at radius 1 is 1.31 bits per heavy atom. The highest BCUT2D eigenvalue weighted by Crippen LogP contribution is 2.13. The first kappa shape index (κ1) is 13.7. The lowest BCUT2D eigenvalue weighted by Gasteiger charge is -2.13. The second-order valence-corrected chi connectivity index (χ2v) is 6.02. The number of hydrogen-bond donors (Lipinski definition) is 1. The molecule has 0 spiro atoms. The van der Waals surface area contributed by atoms with Crippen molar-refractivity contribution in [2.45, 2.75) is 40.5 Å². The molecule has 0 aliphatic carbocycles. The van der Waals surface area contributed by atoms with Crippen molar-refractivity contribution in [3.63, 3.8) is 0 Å². The van der Waals surface area contributed by atoms with E-state index in [9.17, 15) is 0 Å². The Hall–Kier alpha value is -0.410. The van der Waals surface area contributed by atoms with E-state index in [-0.39, 0.29) is 0 Å². The number of aryl methyl sites for hydroxylation is 2. The van der Waals surface area contributed by atoms with E-state index in [0.717, 1.165) is 37.0 Å². The van der Waals surface area contributed by atoms with Gasteiger partial charge >= 0.3 is 0 Å². The molecule has 1 rings (SSSR count). The van der Waals surface area contributed by atoms with Crippen LogP contribution in [-0.4, -0.2) is 18.1 Å². The van der Waals surface area contributed by atoms with Crippen molar-refractivity contribution in [3.8, 4) is 0 Å². The number of thiazole rings is 1. The minimum Gasteiger partial charge on any atom is -0.316 e. The van der Waals surface area contributed by atoms with Gasteiger partial charge in [-0.25, -0.2) is 4.98 Å². The predicted molar refractivity (Wildman–Crippen MR) is 72.0 cm³/mol. The Morgan fingerprint density at radius 3 is 2.62 bits per heavy atom. The fourth-order valence-electron chi connectivity index (χ4n) is 1.61. The van der Waals surface area contributed by atoms with Crippen LogP contribution in [0.5, 0.6) is 0 Å². The van der Waals surface area contributed by atoms with Crippen LogP contribution in [0.15, 0.2) is 5.38 Å². The third kappa shape index (κ3) is 5.61. The lowest BCUT2D eigenvalue weighted by molar-refractivity contribution is 0.454. The summed E-state index contributed by atoms with van der Waals surface area (Å²) >= 11 is 1.79. The Morgan fingerprint density at radius 2 is 2.06 bits per heavy atom. The van der Waals surface area contributed by atoms with Crippen LogP contribution in [0, 0.1) is 18.8 Å². The fraction of sp³-hybridized carbons (Fsp3) is 0.769. The zero-order valence-corrected chi connectivity index (χ0v) is 11.7. The van der Waals surface area contributed by atoms with Crippen LogP contribution < -0.4 is 5.32 Å². The molecule has 1 heterocycles. The number of hydrogen-bond acceptors (Lipinski definition) is 3. The van der Waals surface area contributed by atoms with Gasteiger partial charge in [-0.15, -0.1) is 11.3 Å². The maximum atomic E-state index is 4.49. The van der Waals surface area contributed by atoms with Crippen molar-refractivity contribution in [2.75, 3.05) is 13.1 Å². The molecule has 1 N–H and O–H groups in total. The Labute approximate surface area is 103 Å². The van der Waals surface area contributed by atoms with Crippen molar-refractivity contribution < 1.29 is 0 Å². The molecular formula is C13H24N2S. The van der Waals surface area contributed by atoms with Gasteiger partial charge in [-0.05, 0) is 44.7 Å². The van der Waals surface area contributed by atoms with Gasteiger partial charge < -0.3 is 5.32 Å². The molecule has 2 nitrogen and oxygen atoms in total. The van der Waals surface area contributed by atoms with Gasteiger partial charge in [-0.2, -0.15) is 0 Å². The molecule has 3 heteroatoms. The van der Waals surface area contributed by atoms with E-state index < -0.39 is 0 Å². The van der Waals surface area contributed by atoms with E-state index in [1.54, 1.807) is 11.3 Å². The number of aromatic nitrogens is 1. The zero-order chi connectivity index (χ0) is 12.0. The summed E-state index contributed by atoms with van der Waals surface area (Å²) in [6, 6.07) is 0. The number of rotatable bonds is 7. The quantitative estimate of drug-likeness (QED) is 0.791. The highest BCUT2D eigenvalue weighted by Gasteiger charge is 2.05. The SMILES string of the molecule is Cc1csc(CCC(C)CNCC(C)C)n1. The van der Waals surface area contributed by atoms with E-state index in [1.807, 2.05) is 0 Å². The first-order valence-electron chi connectivity index (χ1n) is 6.19. The molecule has 0 fully saturated rings. The smallest absolute Gasteiger partial charge is 0.0928 e. The minimum atomic E-state index is 0.739. The number of nitrogens with zero attached hydrogens (tertiary/aromatic N) is 1. The average Bonchev–Trinajstić information content (AvgIpc) is 2.61. The Bertz CT molecular complexity index is 294. The summed E-state index contributed by atoms with van der Waals surface area (Å²) in [5, 5.41) is 6.93. The van der Waals surface area contributed by atoms with Crippen LogP contribution in [0.3, 0.4) is 0 Å². The van der Waals surface area contributed by atoms with E-state index in [2.05, 4.69) is 43.4 Å². The molecule has 16 heavy (non-hydrogen) atoms. The summed E-state index contributed by atoms with van der Waals surface area (Å²) in [6.45, 7) is 11.1. The van der Waals surface area contributed by atoms with Crippen LogP contribution in [0.25, 0.3) is 0 Å². The van der Waals surface area contributed by atoms with Gasteiger partial charge in [0, 0.05) is 11.1 Å². The van der Waals surface area contributed by atoms with Gasteiger partial charge in [0.2, 0.25) is 0 Å². The van der Waals surface area contributed by atoms with Crippen molar-refractivity contribution in [3.05, 3.63) is 16.1 Å². The lowest BCUT2D eigenvalue weighted by Crippen LogP contribution is -2.25. The third-order valence-corrected chi connectivity index (χ3v) is 3.59. The summed E-state index contributed by atoms with van der Waals surface area (Å²) in [5.41, 5.74) is 1.16. The van der Waals surface area contributed by atoms with Crippen LogP contribution in [0.4, 0.5) is 0 Å². The van der Waals surface area contributed by atoms with Gasteiger partial charge in [0.1, 0.15) is 0 Å². The van der Waals surface area contributed by atoms with Gasteiger partial charge in [-0.1, -0.05) is 20.8 Å². The highest BCUT2D eigenvalue weighted by molar-refractivity contribution is 7.09. The maximum absolute atomic E-state index is 4.49. The topological polar surface area (TPSA) is 24.9 Å². The van der Waals surface area contributed by atoms with Crippen molar-refractivity contribution >= 4 is 11.3 Å². The summed E-state index contributed by atoms with van der Waals surface area (Å²) in [6.07, 6.45) is 2.36. The van der Waals surface area contributed by atoms with E-state index in [0.29, 0.717) is 0 Å². The minimum absolute atomic E-state index is 0.739. The molecule has 1 unspecified atom stereocenters. The summed E-state index contributed by atoms with van der Waals surface area (Å²) in [7, 11) is 0. The molecule has 1 aromatic rings. The highest BCUT2D eigenvalue weighted by atomic mass is 32.1. The van der Waals surface area contributed by atoms with Crippen LogP contribution in [0.1, 0.15) is 37.9 Å². The molecule has 1 atom stereocenters. The Balaban J connectivity index is 2.12. The third-order valence-electron chi connectivity index (χ3n) is 2.56. The first-order chi connectivity index (χ1) is 7.58. The average molecular weight is 240 g/mol. The standard InChI is InChI=1S/C13H24N2S/c1-10(2)7-14-8-11(3)5-6-13-15-12(4)9-16-13/h9-11,14H,5-8H2,1-4H3. The molecule has 0 aromatic carbocycles. The van der Waals surface area contributed by atoms with E-state index >= 15 is 0 Å². The van der Waals surface area contributed by atoms with Crippen molar-refractivity contribution in [2.24, 2.45) is 11.8 Å². The molecule has 0 aliphatic heterocycles. The normalized spacial score (nSPS) is 13.3.